The Morgan fingerprint density at radius 3 is 2.95 bits per heavy atom. The molecule has 0 radical (unpaired) electrons. The monoisotopic (exact) mass is 286 g/mol. The summed E-state index contributed by atoms with van der Waals surface area (Å²) in [5.74, 6) is -3.87. The highest BCUT2D eigenvalue weighted by atomic mass is 19.1. The van der Waals surface area contributed by atoms with E-state index in [1.165, 1.54) is 4.90 Å². The number of hydrogen-bond donors (Lipinski definition) is 2. The predicted octanol–water partition coefficient (Wildman–Crippen LogP) is 0.136. The van der Waals surface area contributed by atoms with Crippen molar-refractivity contribution in [3.8, 4) is 0 Å². The molecule has 108 valence electrons. The molecular formula is C10H11FN4O5. The zero-order valence-electron chi connectivity index (χ0n) is 10.2. The van der Waals surface area contributed by atoms with Gasteiger partial charge in [0.05, 0.1) is 11.5 Å². The summed E-state index contributed by atoms with van der Waals surface area (Å²) in [5, 5.41) is 25.6. The molecule has 1 aromatic rings. The van der Waals surface area contributed by atoms with Gasteiger partial charge in [-0.05, 0) is 6.42 Å². The number of aliphatic carboxylic acids is 1. The number of carboxylic acids is 1. The van der Waals surface area contributed by atoms with E-state index in [9.17, 15) is 24.1 Å². The molecule has 1 aromatic heterocycles. The van der Waals surface area contributed by atoms with Gasteiger partial charge in [0.15, 0.2) is 12.0 Å². The summed E-state index contributed by atoms with van der Waals surface area (Å²) in [6.45, 7) is -0.433. The van der Waals surface area contributed by atoms with Crippen molar-refractivity contribution >= 4 is 23.3 Å². The summed E-state index contributed by atoms with van der Waals surface area (Å²) in [6.07, 6.45) is -1.16. The second-order valence-electron chi connectivity index (χ2n) is 4.36. The highest BCUT2D eigenvalue weighted by Crippen LogP contribution is 2.28. The normalized spacial score (nSPS) is 23.4. The Kier molecular flexibility index (Phi) is 3.63. The Morgan fingerprint density at radius 1 is 1.65 bits per heavy atom. The fourth-order valence-electron chi connectivity index (χ4n) is 2.11. The third-order valence-electron chi connectivity index (χ3n) is 3.13. The topological polar surface area (TPSA) is 129 Å². The van der Waals surface area contributed by atoms with Crippen molar-refractivity contribution in [2.24, 2.45) is 5.92 Å². The number of H-pyrrole nitrogens is 1. The number of nitro groups is 1. The van der Waals surface area contributed by atoms with Crippen LogP contribution in [0.3, 0.4) is 0 Å². The van der Waals surface area contributed by atoms with Crippen LogP contribution in [-0.4, -0.2) is 51.2 Å². The molecule has 9 nitrogen and oxygen atoms in total. The van der Waals surface area contributed by atoms with Crippen molar-refractivity contribution in [2.75, 3.05) is 18.0 Å². The molecule has 2 N–H and O–H groups in total. The number of ketones is 1. The van der Waals surface area contributed by atoms with Crippen LogP contribution < -0.4 is 4.90 Å². The fraction of sp³-hybridized carbons (Fsp3) is 0.500. The van der Waals surface area contributed by atoms with Gasteiger partial charge in [-0.2, -0.15) is 5.10 Å². The number of carbonyl (C=O) groups excluding carboxylic acids is 1. The van der Waals surface area contributed by atoms with E-state index in [4.69, 9.17) is 5.11 Å². The molecule has 0 saturated carbocycles. The van der Waals surface area contributed by atoms with E-state index in [0.717, 1.165) is 6.20 Å². The Balaban J connectivity index is 2.27. The first kappa shape index (κ1) is 13.9. The van der Waals surface area contributed by atoms with Gasteiger partial charge in [0.1, 0.15) is 12.1 Å². The number of rotatable bonds is 3. The van der Waals surface area contributed by atoms with Gasteiger partial charge >= 0.3 is 11.7 Å². The Hall–Kier alpha value is -2.52. The lowest BCUT2D eigenvalue weighted by molar-refractivity contribution is -0.384. The van der Waals surface area contributed by atoms with E-state index in [1.54, 1.807) is 0 Å². The van der Waals surface area contributed by atoms with Gasteiger partial charge in [0.2, 0.25) is 5.82 Å². The zero-order chi connectivity index (χ0) is 14.9. The average Bonchev–Trinajstić information content (AvgIpc) is 2.80. The molecule has 0 spiro atoms. The van der Waals surface area contributed by atoms with Crippen LogP contribution in [0, 0.1) is 16.0 Å². The van der Waals surface area contributed by atoms with Gasteiger partial charge in [0.25, 0.3) is 0 Å². The Labute approximate surface area is 111 Å². The van der Waals surface area contributed by atoms with Crippen LogP contribution >= 0.6 is 0 Å². The number of alkyl halides is 1. The highest BCUT2D eigenvalue weighted by molar-refractivity contribution is 6.01. The van der Waals surface area contributed by atoms with E-state index in [0.29, 0.717) is 0 Å². The molecule has 1 aliphatic heterocycles. The van der Waals surface area contributed by atoms with Crippen molar-refractivity contribution in [1.29, 1.82) is 0 Å². The smallest absolute Gasteiger partial charge is 0.330 e. The molecule has 0 bridgehead atoms. The van der Waals surface area contributed by atoms with Crippen LogP contribution in [0.4, 0.5) is 15.9 Å². The van der Waals surface area contributed by atoms with Gasteiger partial charge in [-0.15, -0.1) is 0 Å². The summed E-state index contributed by atoms with van der Waals surface area (Å²) >= 11 is 0. The summed E-state index contributed by atoms with van der Waals surface area (Å²) in [7, 11) is 0. The molecule has 0 aliphatic carbocycles. The van der Waals surface area contributed by atoms with E-state index in [-0.39, 0.29) is 24.5 Å². The number of halogens is 1. The minimum atomic E-state index is -2.01. The first-order chi connectivity index (χ1) is 9.41. The maximum absolute atomic E-state index is 13.8. The first-order valence-corrected chi connectivity index (χ1v) is 5.75. The SMILES string of the molecule is O=C(O)C1CCN(c2[nH]ncc2[N+](=O)[O-])CC(F)C1=O. The summed E-state index contributed by atoms with van der Waals surface area (Å²) in [6, 6.07) is 0. The standard InChI is InChI=1S/C10H11FN4O5/c11-6-4-14(2-1-5(8(6)16)10(17)18)9-7(15(19)20)3-12-13-9/h3,5-6H,1-2,4H2,(H,12,13)(H,17,18). The van der Waals surface area contributed by atoms with Crippen molar-refractivity contribution in [2.45, 2.75) is 12.6 Å². The Bertz CT molecular complexity index is 560. The van der Waals surface area contributed by atoms with E-state index >= 15 is 0 Å². The molecule has 2 atom stereocenters. The molecular weight excluding hydrogens is 275 g/mol. The minimum absolute atomic E-state index is 0.00611. The van der Waals surface area contributed by atoms with Crippen molar-refractivity contribution in [3.05, 3.63) is 16.3 Å². The van der Waals surface area contributed by atoms with E-state index in [2.05, 4.69) is 10.2 Å². The molecule has 1 saturated heterocycles. The molecule has 20 heavy (non-hydrogen) atoms. The number of Topliss-reactive ketones (excluding diaryl/α,β-unsaturated/α-hetero) is 1. The molecule has 10 heteroatoms. The minimum Gasteiger partial charge on any atom is -0.481 e. The number of anilines is 1. The predicted molar refractivity (Wildman–Crippen MR) is 63.1 cm³/mol. The molecule has 0 aromatic carbocycles. The fourth-order valence-corrected chi connectivity index (χ4v) is 2.11. The van der Waals surface area contributed by atoms with E-state index < -0.39 is 35.3 Å². The summed E-state index contributed by atoms with van der Waals surface area (Å²) in [4.78, 5) is 33.8. The number of hydrogen-bond acceptors (Lipinski definition) is 6. The van der Waals surface area contributed by atoms with Gasteiger partial charge in [-0.25, -0.2) is 4.39 Å². The largest absolute Gasteiger partial charge is 0.481 e. The number of carboxylic acid groups (broad SMARTS) is 1. The van der Waals surface area contributed by atoms with Crippen molar-refractivity contribution < 1.29 is 24.0 Å². The third kappa shape index (κ3) is 2.44. The maximum Gasteiger partial charge on any atom is 0.330 e. The van der Waals surface area contributed by atoms with Crippen LogP contribution in [0.1, 0.15) is 6.42 Å². The van der Waals surface area contributed by atoms with Crippen molar-refractivity contribution in [3.63, 3.8) is 0 Å². The summed E-state index contributed by atoms with van der Waals surface area (Å²) < 4.78 is 13.8. The second kappa shape index (κ2) is 5.23. The molecule has 2 rings (SSSR count). The van der Waals surface area contributed by atoms with Gasteiger partial charge in [-0.3, -0.25) is 24.8 Å². The maximum atomic E-state index is 13.8. The molecule has 2 heterocycles. The van der Waals surface area contributed by atoms with Crippen LogP contribution in [0.25, 0.3) is 0 Å². The van der Waals surface area contributed by atoms with Crippen LogP contribution in [0.5, 0.6) is 0 Å². The Morgan fingerprint density at radius 2 is 2.35 bits per heavy atom. The molecule has 1 aliphatic rings. The van der Waals surface area contributed by atoms with Crippen LogP contribution in [0.15, 0.2) is 6.20 Å². The second-order valence-corrected chi connectivity index (χ2v) is 4.36. The number of nitrogens with zero attached hydrogens (tertiary/aromatic N) is 3. The number of nitrogens with one attached hydrogen (secondary N) is 1. The lowest BCUT2D eigenvalue weighted by Crippen LogP contribution is -2.34. The highest BCUT2D eigenvalue weighted by Gasteiger charge is 2.38. The molecule has 1 fully saturated rings. The van der Waals surface area contributed by atoms with E-state index in [1.807, 2.05) is 0 Å². The molecule has 2 unspecified atom stereocenters. The quantitative estimate of drug-likeness (QED) is 0.459. The van der Waals surface area contributed by atoms with Crippen molar-refractivity contribution in [1.82, 2.24) is 10.2 Å². The third-order valence-corrected chi connectivity index (χ3v) is 3.13. The van der Waals surface area contributed by atoms with Gasteiger partial charge < -0.3 is 10.0 Å². The van der Waals surface area contributed by atoms with Crippen LogP contribution in [-0.2, 0) is 9.59 Å². The first-order valence-electron chi connectivity index (χ1n) is 5.75. The van der Waals surface area contributed by atoms with Gasteiger partial charge in [-0.1, -0.05) is 0 Å². The van der Waals surface area contributed by atoms with Gasteiger partial charge in [0, 0.05) is 6.54 Å². The number of aromatic nitrogens is 2. The zero-order valence-corrected chi connectivity index (χ0v) is 10.2. The van der Waals surface area contributed by atoms with Crippen LogP contribution in [0.2, 0.25) is 0 Å². The average molecular weight is 286 g/mol. The summed E-state index contributed by atoms with van der Waals surface area (Å²) in [5.41, 5.74) is -0.349. The lowest BCUT2D eigenvalue weighted by Gasteiger charge is -2.19. The number of aromatic amines is 1. The number of carbonyl (C=O) groups is 2. The molecule has 0 amide bonds. The lowest BCUT2D eigenvalue weighted by atomic mass is 9.99.